The van der Waals surface area contributed by atoms with Gasteiger partial charge in [0, 0.05) is 43.1 Å². The highest BCUT2D eigenvalue weighted by atomic mass is 16.5. The first-order chi connectivity index (χ1) is 15.7. The van der Waals surface area contributed by atoms with Crippen molar-refractivity contribution >= 4 is 5.91 Å². The summed E-state index contributed by atoms with van der Waals surface area (Å²) in [6.07, 6.45) is 5.50. The van der Waals surface area contributed by atoms with Gasteiger partial charge in [-0.1, -0.05) is 64.8 Å². The van der Waals surface area contributed by atoms with Crippen LogP contribution in [0.2, 0.25) is 0 Å². The summed E-state index contributed by atoms with van der Waals surface area (Å²) in [5, 5.41) is 0. The van der Waals surface area contributed by atoms with E-state index in [2.05, 4.69) is 68.4 Å². The molecule has 33 heavy (non-hydrogen) atoms. The minimum absolute atomic E-state index is 0.0936. The maximum Gasteiger partial charge on any atom is 0.251 e. The normalized spacial score (nSPS) is 15.2. The number of primary amides is 1. The van der Waals surface area contributed by atoms with Gasteiger partial charge in [0.15, 0.2) is 0 Å². The van der Waals surface area contributed by atoms with E-state index in [1.54, 1.807) is 0 Å². The number of morpholine rings is 1. The highest BCUT2D eigenvalue weighted by Crippen LogP contribution is 2.35. The van der Waals surface area contributed by atoms with E-state index in [-0.39, 0.29) is 11.3 Å². The zero-order valence-electron chi connectivity index (χ0n) is 21.4. The SMILES string of the molecule is CCCCCc1c(-c2ccc(C(C)(C)C)cc2)c(C(N)=O)c(C)n1CCCN1CCOCC1. The van der Waals surface area contributed by atoms with Crippen LogP contribution in [0.15, 0.2) is 24.3 Å². The second-order valence-electron chi connectivity index (χ2n) is 10.4. The molecule has 3 rings (SSSR count). The van der Waals surface area contributed by atoms with Crippen LogP contribution in [0.3, 0.4) is 0 Å². The summed E-state index contributed by atoms with van der Waals surface area (Å²) in [6.45, 7) is 16.6. The first-order valence-electron chi connectivity index (χ1n) is 12.7. The van der Waals surface area contributed by atoms with E-state index in [1.807, 2.05) is 0 Å². The Hall–Kier alpha value is -2.11. The number of benzene rings is 1. The van der Waals surface area contributed by atoms with Gasteiger partial charge in [0.05, 0.1) is 18.8 Å². The molecule has 0 saturated carbocycles. The van der Waals surface area contributed by atoms with Crippen LogP contribution in [0, 0.1) is 6.92 Å². The number of amides is 1. The monoisotopic (exact) mass is 453 g/mol. The van der Waals surface area contributed by atoms with Gasteiger partial charge in [-0.3, -0.25) is 9.69 Å². The number of carbonyl (C=O) groups is 1. The van der Waals surface area contributed by atoms with Crippen LogP contribution in [0.4, 0.5) is 0 Å². The molecule has 0 bridgehead atoms. The smallest absolute Gasteiger partial charge is 0.251 e. The number of rotatable bonds is 10. The van der Waals surface area contributed by atoms with Crippen molar-refractivity contribution < 1.29 is 9.53 Å². The average molecular weight is 454 g/mol. The summed E-state index contributed by atoms with van der Waals surface area (Å²) in [7, 11) is 0. The molecule has 1 aliphatic rings. The van der Waals surface area contributed by atoms with E-state index >= 15 is 0 Å². The van der Waals surface area contributed by atoms with Crippen molar-refractivity contribution in [1.82, 2.24) is 9.47 Å². The van der Waals surface area contributed by atoms with E-state index < -0.39 is 0 Å². The molecular weight excluding hydrogens is 410 g/mol. The second-order valence-corrected chi connectivity index (χ2v) is 10.4. The molecule has 5 heteroatoms. The molecule has 5 nitrogen and oxygen atoms in total. The fourth-order valence-electron chi connectivity index (χ4n) is 4.93. The Bertz CT molecular complexity index is 916. The van der Waals surface area contributed by atoms with Gasteiger partial charge in [-0.2, -0.15) is 0 Å². The second kappa shape index (κ2) is 11.3. The quantitative estimate of drug-likeness (QED) is 0.496. The molecule has 1 saturated heterocycles. The van der Waals surface area contributed by atoms with Crippen molar-refractivity contribution in [2.45, 2.75) is 78.7 Å². The first kappa shape index (κ1) is 25.5. The fraction of sp³-hybridized carbons (Fsp3) is 0.607. The van der Waals surface area contributed by atoms with Crippen molar-refractivity contribution in [3.63, 3.8) is 0 Å². The van der Waals surface area contributed by atoms with Crippen LogP contribution in [-0.2, 0) is 23.1 Å². The zero-order chi connectivity index (χ0) is 24.0. The van der Waals surface area contributed by atoms with E-state index in [0.29, 0.717) is 5.56 Å². The molecule has 2 heterocycles. The van der Waals surface area contributed by atoms with E-state index in [4.69, 9.17) is 10.5 Å². The van der Waals surface area contributed by atoms with Crippen LogP contribution in [0.1, 0.15) is 80.7 Å². The van der Waals surface area contributed by atoms with E-state index in [0.717, 1.165) is 75.5 Å². The lowest BCUT2D eigenvalue weighted by molar-refractivity contribution is 0.0369. The number of nitrogens with zero attached hydrogens (tertiary/aromatic N) is 2. The van der Waals surface area contributed by atoms with Crippen LogP contribution in [0.5, 0.6) is 0 Å². The van der Waals surface area contributed by atoms with E-state index in [1.165, 1.54) is 24.1 Å². The molecular formula is C28H43N3O2. The summed E-state index contributed by atoms with van der Waals surface area (Å²) >= 11 is 0. The maximum atomic E-state index is 12.6. The summed E-state index contributed by atoms with van der Waals surface area (Å²) in [6, 6.07) is 8.73. The van der Waals surface area contributed by atoms with Gasteiger partial charge in [-0.15, -0.1) is 0 Å². The number of hydrogen-bond acceptors (Lipinski definition) is 3. The summed E-state index contributed by atoms with van der Waals surface area (Å²) in [4.78, 5) is 15.1. The Morgan fingerprint density at radius 3 is 2.27 bits per heavy atom. The van der Waals surface area contributed by atoms with Crippen LogP contribution < -0.4 is 5.73 Å². The third kappa shape index (κ3) is 6.27. The van der Waals surface area contributed by atoms with Crippen molar-refractivity contribution in [3.05, 3.63) is 46.8 Å². The Labute approximate surface area is 200 Å². The average Bonchev–Trinajstić information content (AvgIpc) is 3.06. The molecule has 1 amide bonds. The summed E-state index contributed by atoms with van der Waals surface area (Å²) < 4.78 is 7.86. The van der Waals surface area contributed by atoms with Crippen molar-refractivity contribution in [1.29, 1.82) is 0 Å². The van der Waals surface area contributed by atoms with Gasteiger partial charge >= 0.3 is 0 Å². The molecule has 1 aromatic carbocycles. The number of ether oxygens (including phenoxy) is 1. The summed E-state index contributed by atoms with van der Waals surface area (Å²) in [5.41, 5.74) is 12.4. The van der Waals surface area contributed by atoms with Crippen molar-refractivity contribution in [2.24, 2.45) is 5.73 Å². The van der Waals surface area contributed by atoms with Gasteiger partial charge in [-0.05, 0) is 42.7 Å². The van der Waals surface area contributed by atoms with Crippen LogP contribution in [0.25, 0.3) is 11.1 Å². The van der Waals surface area contributed by atoms with Crippen molar-refractivity contribution in [3.8, 4) is 11.1 Å². The Kier molecular flexibility index (Phi) is 8.77. The topological polar surface area (TPSA) is 60.5 Å². The zero-order valence-corrected chi connectivity index (χ0v) is 21.4. The Balaban J connectivity index is 1.96. The molecule has 0 aliphatic carbocycles. The third-order valence-electron chi connectivity index (χ3n) is 6.89. The molecule has 0 unspecified atom stereocenters. The minimum Gasteiger partial charge on any atom is -0.379 e. The molecule has 1 aliphatic heterocycles. The van der Waals surface area contributed by atoms with Crippen molar-refractivity contribution in [2.75, 3.05) is 32.8 Å². The van der Waals surface area contributed by atoms with E-state index in [9.17, 15) is 4.79 Å². The largest absolute Gasteiger partial charge is 0.379 e. The number of aromatic nitrogens is 1. The number of carbonyl (C=O) groups excluding carboxylic acids is 1. The molecule has 2 aromatic rings. The highest BCUT2D eigenvalue weighted by Gasteiger charge is 2.25. The maximum absolute atomic E-state index is 12.6. The number of hydrogen-bond donors (Lipinski definition) is 1. The molecule has 1 fully saturated rings. The van der Waals surface area contributed by atoms with Gasteiger partial charge in [0.1, 0.15) is 0 Å². The van der Waals surface area contributed by atoms with Gasteiger partial charge < -0.3 is 15.0 Å². The lowest BCUT2D eigenvalue weighted by atomic mass is 9.86. The van der Waals surface area contributed by atoms with Gasteiger partial charge in [0.25, 0.3) is 5.91 Å². The lowest BCUT2D eigenvalue weighted by Gasteiger charge is -2.26. The fourth-order valence-corrected chi connectivity index (χ4v) is 4.93. The molecule has 1 aromatic heterocycles. The van der Waals surface area contributed by atoms with Gasteiger partial charge in [-0.25, -0.2) is 0 Å². The predicted molar refractivity (Wildman–Crippen MR) is 137 cm³/mol. The predicted octanol–water partition coefficient (Wildman–Crippen LogP) is 5.31. The third-order valence-corrected chi connectivity index (χ3v) is 6.89. The Morgan fingerprint density at radius 2 is 1.70 bits per heavy atom. The highest BCUT2D eigenvalue weighted by molar-refractivity contribution is 6.02. The molecule has 0 radical (unpaired) electrons. The number of unbranched alkanes of at least 4 members (excludes halogenated alkanes) is 2. The minimum atomic E-state index is -0.328. The number of nitrogens with two attached hydrogens (primary N) is 1. The van der Waals surface area contributed by atoms with Gasteiger partial charge in [0.2, 0.25) is 0 Å². The lowest BCUT2D eigenvalue weighted by Crippen LogP contribution is -2.37. The standard InChI is InChI=1S/C28H43N3O2/c1-6-7-8-10-24-26(22-11-13-23(14-12-22)28(3,4)5)25(27(29)32)21(2)31(24)16-9-15-30-17-19-33-20-18-30/h11-14H,6-10,15-20H2,1-5H3,(H2,29,32). The van der Waals surface area contributed by atoms with Crippen LogP contribution >= 0.6 is 0 Å². The van der Waals surface area contributed by atoms with Crippen LogP contribution in [-0.4, -0.2) is 48.2 Å². The molecule has 182 valence electrons. The molecule has 0 spiro atoms. The molecule has 2 N–H and O–H groups in total. The first-order valence-corrected chi connectivity index (χ1v) is 12.7. The summed E-state index contributed by atoms with van der Waals surface area (Å²) in [5.74, 6) is -0.328. The Morgan fingerprint density at radius 1 is 1.03 bits per heavy atom. The molecule has 0 atom stereocenters.